The van der Waals surface area contributed by atoms with Crippen molar-refractivity contribution in [3.05, 3.63) is 35.4 Å². The predicted octanol–water partition coefficient (Wildman–Crippen LogP) is 2.17. The molecule has 0 saturated carbocycles. The van der Waals surface area contributed by atoms with Crippen molar-refractivity contribution >= 4 is 14.3 Å². The third-order valence-electron chi connectivity index (χ3n) is 1.77. The van der Waals surface area contributed by atoms with Gasteiger partial charge in [0.2, 0.25) is 8.32 Å². The summed E-state index contributed by atoms with van der Waals surface area (Å²) in [6, 6.07) is 6.80. The molecule has 0 radical (unpaired) electrons. The highest BCUT2D eigenvalue weighted by Crippen LogP contribution is 2.10. The van der Waals surface area contributed by atoms with Gasteiger partial charge in [-0.2, -0.15) is 0 Å². The van der Waals surface area contributed by atoms with Gasteiger partial charge in [0.15, 0.2) is 0 Å². The van der Waals surface area contributed by atoms with Gasteiger partial charge in [-0.3, -0.25) is 0 Å². The SMILES string of the molecule is C[Si](C)(C)OC(=O)c1ccc(CO)cc1. The summed E-state index contributed by atoms with van der Waals surface area (Å²) in [5.41, 5.74) is 1.33. The van der Waals surface area contributed by atoms with Crippen LogP contribution in [0.5, 0.6) is 0 Å². The molecule has 0 atom stereocenters. The molecule has 1 aromatic carbocycles. The van der Waals surface area contributed by atoms with Crippen molar-refractivity contribution in [3.63, 3.8) is 0 Å². The lowest BCUT2D eigenvalue weighted by Gasteiger charge is -2.17. The first-order chi connectivity index (χ1) is 6.92. The topological polar surface area (TPSA) is 46.5 Å². The van der Waals surface area contributed by atoms with Crippen molar-refractivity contribution in [2.24, 2.45) is 0 Å². The number of hydrogen-bond acceptors (Lipinski definition) is 3. The van der Waals surface area contributed by atoms with E-state index in [0.29, 0.717) is 5.56 Å². The van der Waals surface area contributed by atoms with E-state index >= 15 is 0 Å². The molecule has 1 aromatic rings. The average molecular weight is 224 g/mol. The van der Waals surface area contributed by atoms with E-state index in [0.717, 1.165) is 5.56 Å². The standard InChI is InChI=1S/C11H16O3Si/c1-15(2,3)14-11(13)10-6-4-9(8-12)5-7-10/h4-7,12H,8H2,1-3H3. The molecule has 3 nitrogen and oxygen atoms in total. The Labute approximate surface area is 90.8 Å². The van der Waals surface area contributed by atoms with E-state index in [1.165, 1.54) is 0 Å². The van der Waals surface area contributed by atoms with E-state index in [2.05, 4.69) is 0 Å². The predicted molar refractivity (Wildman–Crippen MR) is 61.1 cm³/mol. The summed E-state index contributed by atoms with van der Waals surface area (Å²) < 4.78 is 5.33. The van der Waals surface area contributed by atoms with E-state index in [1.807, 2.05) is 19.6 Å². The fourth-order valence-corrected chi connectivity index (χ4v) is 1.76. The van der Waals surface area contributed by atoms with Crippen LogP contribution in [0.3, 0.4) is 0 Å². The quantitative estimate of drug-likeness (QED) is 0.800. The van der Waals surface area contributed by atoms with E-state index in [1.54, 1.807) is 24.3 Å². The summed E-state index contributed by atoms with van der Waals surface area (Å²) in [6.45, 7) is 5.89. The van der Waals surface area contributed by atoms with Crippen molar-refractivity contribution in [1.82, 2.24) is 0 Å². The lowest BCUT2D eigenvalue weighted by molar-refractivity contribution is 0.0724. The monoisotopic (exact) mass is 224 g/mol. The maximum absolute atomic E-state index is 11.6. The Bertz CT molecular complexity index is 338. The number of aliphatic hydroxyl groups excluding tert-OH is 1. The van der Waals surface area contributed by atoms with E-state index in [9.17, 15) is 4.79 Å². The second-order valence-corrected chi connectivity index (χ2v) is 8.79. The molecule has 1 rings (SSSR count). The molecule has 0 unspecified atom stereocenters. The van der Waals surface area contributed by atoms with Crippen LogP contribution in [0.4, 0.5) is 0 Å². The maximum Gasteiger partial charge on any atom is 0.324 e. The van der Waals surface area contributed by atoms with Crippen LogP contribution in [0.2, 0.25) is 19.6 Å². The Morgan fingerprint density at radius 2 is 1.80 bits per heavy atom. The number of aliphatic hydroxyl groups is 1. The Hall–Kier alpha value is -1.13. The maximum atomic E-state index is 11.6. The van der Waals surface area contributed by atoms with Crippen molar-refractivity contribution in [2.75, 3.05) is 0 Å². The molecule has 0 fully saturated rings. The minimum absolute atomic E-state index is 0.0106. The molecule has 0 aliphatic heterocycles. The Balaban J connectivity index is 2.75. The van der Waals surface area contributed by atoms with Crippen molar-refractivity contribution in [1.29, 1.82) is 0 Å². The molecule has 4 heteroatoms. The molecule has 0 spiro atoms. The third-order valence-corrected chi connectivity index (χ3v) is 2.57. The molecular formula is C11H16O3Si. The second kappa shape index (κ2) is 4.59. The van der Waals surface area contributed by atoms with Crippen molar-refractivity contribution in [3.8, 4) is 0 Å². The second-order valence-electron chi connectivity index (χ2n) is 4.36. The first kappa shape index (κ1) is 11.9. The number of carbonyl (C=O) groups excluding carboxylic acids is 1. The highest BCUT2D eigenvalue weighted by Gasteiger charge is 2.20. The summed E-state index contributed by atoms with van der Waals surface area (Å²) in [6.07, 6.45) is 0. The molecule has 0 amide bonds. The van der Waals surface area contributed by atoms with E-state index < -0.39 is 8.32 Å². The lowest BCUT2D eigenvalue weighted by Crippen LogP contribution is -2.29. The van der Waals surface area contributed by atoms with Crippen LogP contribution in [0, 0.1) is 0 Å². The summed E-state index contributed by atoms with van der Waals surface area (Å²) >= 11 is 0. The summed E-state index contributed by atoms with van der Waals surface area (Å²) in [5, 5.41) is 8.84. The largest absolute Gasteiger partial charge is 0.516 e. The normalized spacial score (nSPS) is 11.2. The summed E-state index contributed by atoms with van der Waals surface area (Å²) in [4.78, 5) is 11.6. The van der Waals surface area contributed by atoms with Gasteiger partial charge in [-0.15, -0.1) is 0 Å². The lowest BCUT2D eigenvalue weighted by atomic mass is 10.1. The first-order valence-electron chi connectivity index (χ1n) is 4.85. The van der Waals surface area contributed by atoms with E-state index in [4.69, 9.17) is 9.53 Å². The zero-order valence-corrected chi connectivity index (χ0v) is 10.3. The van der Waals surface area contributed by atoms with Gasteiger partial charge in [0.1, 0.15) is 0 Å². The van der Waals surface area contributed by atoms with Gasteiger partial charge in [0.25, 0.3) is 0 Å². The Morgan fingerprint density at radius 3 is 2.20 bits per heavy atom. The molecule has 0 saturated heterocycles. The minimum Gasteiger partial charge on any atom is -0.516 e. The van der Waals surface area contributed by atoms with Gasteiger partial charge in [-0.1, -0.05) is 12.1 Å². The van der Waals surface area contributed by atoms with Gasteiger partial charge < -0.3 is 9.53 Å². The van der Waals surface area contributed by atoms with Gasteiger partial charge >= 0.3 is 5.97 Å². The van der Waals surface area contributed by atoms with Gasteiger partial charge in [-0.05, 0) is 37.3 Å². The molecular weight excluding hydrogens is 208 g/mol. The number of benzene rings is 1. The zero-order valence-electron chi connectivity index (χ0n) is 9.28. The minimum atomic E-state index is -1.82. The van der Waals surface area contributed by atoms with Crippen LogP contribution in [-0.2, 0) is 11.0 Å². The van der Waals surface area contributed by atoms with Gasteiger partial charge in [0, 0.05) is 0 Å². The van der Waals surface area contributed by atoms with Crippen LogP contribution >= 0.6 is 0 Å². The van der Waals surface area contributed by atoms with Crippen LogP contribution in [-0.4, -0.2) is 19.4 Å². The molecule has 0 bridgehead atoms. The van der Waals surface area contributed by atoms with Crippen LogP contribution < -0.4 is 0 Å². The van der Waals surface area contributed by atoms with Gasteiger partial charge in [0.05, 0.1) is 12.2 Å². The highest BCUT2D eigenvalue weighted by atomic mass is 28.4. The van der Waals surface area contributed by atoms with Crippen LogP contribution in [0.1, 0.15) is 15.9 Å². The first-order valence-corrected chi connectivity index (χ1v) is 8.26. The number of carbonyl (C=O) groups is 1. The number of rotatable bonds is 3. The average Bonchev–Trinajstić information content (AvgIpc) is 2.15. The van der Waals surface area contributed by atoms with E-state index in [-0.39, 0.29) is 12.6 Å². The van der Waals surface area contributed by atoms with Gasteiger partial charge in [-0.25, -0.2) is 4.79 Å². The molecule has 82 valence electrons. The van der Waals surface area contributed by atoms with Crippen LogP contribution in [0.25, 0.3) is 0 Å². The fraction of sp³-hybridized carbons (Fsp3) is 0.364. The molecule has 0 aliphatic carbocycles. The van der Waals surface area contributed by atoms with Crippen LogP contribution in [0.15, 0.2) is 24.3 Å². The zero-order chi connectivity index (χ0) is 11.5. The van der Waals surface area contributed by atoms with Crippen molar-refractivity contribution < 1.29 is 14.3 Å². The fourth-order valence-electron chi connectivity index (χ4n) is 1.08. The summed E-state index contributed by atoms with van der Waals surface area (Å²) in [5.74, 6) is -0.279. The third kappa shape index (κ3) is 3.85. The molecule has 0 aromatic heterocycles. The molecule has 0 heterocycles. The Kier molecular flexibility index (Phi) is 3.65. The summed E-state index contributed by atoms with van der Waals surface area (Å²) in [7, 11) is -1.82. The Morgan fingerprint density at radius 1 is 1.27 bits per heavy atom. The number of hydrogen-bond donors (Lipinski definition) is 1. The molecule has 1 N–H and O–H groups in total. The smallest absolute Gasteiger partial charge is 0.324 e. The molecule has 0 aliphatic rings. The highest BCUT2D eigenvalue weighted by molar-refractivity contribution is 6.71. The molecule has 15 heavy (non-hydrogen) atoms. The van der Waals surface area contributed by atoms with Crippen molar-refractivity contribution in [2.45, 2.75) is 26.2 Å².